The highest BCUT2D eigenvalue weighted by atomic mass is 16.5. The summed E-state index contributed by atoms with van der Waals surface area (Å²) in [7, 11) is 1.80. The number of hydrogen-bond acceptors (Lipinski definition) is 3. The Labute approximate surface area is 107 Å². The monoisotopic (exact) mass is 242 g/mol. The first-order valence-electron chi connectivity index (χ1n) is 6.63. The van der Waals surface area contributed by atoms with Crippen molar-refractivity contribution in [2.24, 2.45) is 0 Å². The van der Waals surface area contributed by atoms with Gasteiger partial charge in [0.25, 0.3) is 0 Å². The van der Waals surface area contributed by atoms with Crippen LogP contribution in [0.4, 0.5) is 0 Å². The van der Waals surface area contributed by atoms with Crippen LogP contribution in [-0.2, 0) is 4.74 Å². The molecule has 0 bridgehead atoms. The first-order chi connectivity index (χ1) is 7.58. The smallest absolute Gasteiger partial charge is 0.0634 e. The minimum Gasteiger partial charge on any atom is -0.379 e. The number of ether oxygens (including phenoxy) is 1. The maximum atomic E-state index is 5.51. The van der Waals surface area contributed by atoms with E-state index in [-0.39, 0.29) is 16.7 Å². The van der Waals surface area contributed by atoms with Gasteiger partial charge in [-0.2, -0.15) is 0 Å². The van der Waals surface area contributed by atoms with E-state index in [1.807, 2.05) is 0 Å². The summed E-state index contributed by atoms with van der Waals surface area (Å²) < 4.78 is 5.51. The van der Waals surface area contributed by atoms with Crippen LogP contribution in [0.1, 0.15) is 48.0 Å². The lowest BCUT2D eigenvalue weighted by Crippen LogP contribution is -2.66. The molecule has 102 valence electrons. The number of methoxy groups -OCH3 is 1. The topological polar surface area (TPSA) is 24.5 Å². The molecule has 3 nitrogen and oxygen atoms in total. The van der Waals surface area contributed by atoms with E-state index >= 15 is 0 Å². The van der Waals surface area contributed by atoms with Crippen LogP contribution in [0.3, 0.4) is 0 Å². The first kappa shape index (κ1) is 14.9. The highest BCUT2D eigenvalue weighted by molar-refractivity contribution is 4.97. The van der Waals surface area contributed by atoms with E-state index < -0.39 is 0 Å². The lowest BCUT2D eigenvalue weighted by atomic mass is 9.90. The Kier molecular flexibility index (Phi) is 4.28. The molecule has 0 unspecified atom stereocenters. The Balaban J connectivity index is 2.60. The maximum absolute atomic E-state index is 5.51. The maximum Gasteiger partial charge on any atom is 0.0634 e. The van der Waals surface area contributed by atoms with Gasteiger partial charge in [0, 0.05) is 37.8 Å². The fraction of sp³-hybridized carbons (Fsp3) is 1.00. The number of nitrogens with one attached hydrogen (secondary N) is 1. The molecule has 0 amide bonds. The molecule has 0 aromatic heterocycles. The van der Waals surface area contributed by atoms with Gasteiger partial charge in [-0.3, -0.25) is 4.90 Å². The Bertz CT molecular complexity index is 259. The molecule has 1 aliphatic rings. The molecule has 3 heteroatoms. The molecule has 0 spiro atoms. The van der Waals surface area contributed by atoms with Gasteiger partial charge in [-0.15, -0.1) is 0 Å². The van der Waals surface area contributed by atoms with Gasteiger partial charge in [-0.25, -0.2) is 0 Å². The third-order valence-corrected chi connectivity index (χ3v) is 3.98. The summed E-state index contributed by atoms with van der Waals surface area (Å²) in [5, 5.41) is 3.62. The van der Waals surface area contributed by atoms with E-state index in [4.69, 9.17) is 4.74 Å². The van der Waals surface area contributed by atoms with Gasteiger partial charge in [0.2, 0.25) is 0 Å². The molecule has 0 saturated carbocycles. The van der Waals surface area contributed by atoms with Crippen LogP contribution in [0.15, 0.2) is 0 Å². The van der Waals surface area contributed by atoms with Gasteiger partial charge in [-0.05, 0) is 48.0 Å². The van der Waals surface area contributed by atoms with Crippen LogP contribution in [0.2, 0.25) is 0 Å². The van der Waals surface area contributed by atoms with E-state index in [9.17, 15) is 0 Å². The van der Waals surface area contributed by atoms with E-state index in [0.29, 0.717) is 0 Å². The Morgan fingerprint density at radius 3 is 2.35 bits per heavy atom. The van der Waals surface area contributed by atoms with Gasteiger partial charge in [0.05, 0.1) is 5.60 Å². The van der Waals surface area contributed by atoms with Crippen LogP contribution in [0, 0.1) is 0 Å². The molecule has 0 aromatic carbocycles. The fourth-order valence-electron chi connectivity index (χ4n) is 2.20. The Hall–Kier alpha value is -0.120. The molecule has 1 fully saturated rings. The number of nitrogens with zero attached hydrogens (tertiary/aromatic N) is 1. The number of piperazine rings is 1. The van der Waals surface area contributed by atoms with Crippen LogP contribution >= 0.6 is 0 Å². The van der Waals surface area contributed by atoms with Crippen LogP contribution in [-0.4, -0.2) is 48.3 Å². The van der Waals surface area contributed by atoms with Gasteiger partial charge in [-0.1, -0.05) is 0 Å². The lowest BCUT2D eigenvalue weighted by molar-refractivity contribution is -0.0178. The van der Waals surface area contributed by atoms with Gasteiger partial charge in [0.15, 0.2) is 0 Å². The highest BCUT2D eigenvalue weighted by Crippen LogP contribution is 2.25. The minimum absolute atomic E-state index is 0.0227. The zero-order valence-corrected chi connectivity index (χ0v) is 12.7. The molecule has 0 radical (unpaired) electrons. The molecule has 1 rings (SSSR count). The Morgan fingerprint density at radius 1 is 1.24 bits per heavy atom. The summed E-state index contributed by atoms with van der Waals surface area (Å²) in [5.74, 6) is 0. The molecule has 1 heterocycles. The fourth-order valence-corrected chi connectivity index (χ4v) is 2.20. The molecule has 1 N–H and O–H groups in total. The molecular formula is C14H30N2O. The molecule has 17 heavy (non-hydrogen) atoms. The van der Waals surface area contributed by atoms with Gasteiger partial charge in [0.1, 0.15) is 0 Å². The molecule has 0 atom stereocenters. The summed E-state index contributed by atoms with van der Waals surface area (Å²) in [6.45, 7) is 16.7. The largest absolute Gasteiger partial charge is 0.379 e. The van der Waals surface area contributed by atoms with Gasteiger partial charge >= 0.3 is 0 Å². The third kappa shape index (κ3) is 4.23. The van der Waals surface area contributed by atoms with E-state index in [1.165, 1.54) is 0 Å². The average molecular weight is 242 g/mol. The van der Waals surface area contributed by atoms with Crippen molar-refractivity contribution in [1.29, 1.82) is 0 Å². The summed E-state index contributed by atoms with van der Waals surface area (Å²) in [4.78, 5) is 2.59. The molecule has 1 saturated heterocycles. The van der Waals surface area contributed by atoms with E-state index in [0.717, 1.165) is 26.1 Å². The summed E-state index contributed by atoms with van der Waals surface area (Å²) in [6, 6.07) is 0. The second-order valence-corrected chi connectivity index (χ2v) is 7.19. The summed E-state index contributed by atoms with van der Waals surface area (Å²) in [6.07, 6.45) is 1.07. The second-order valence-electron chi connectivity index (χ2n) is 7.19. The molecule has 1 aliphatic heterocycles. The molecule has 0 aliphatic carbocycles. The molecular weight excluding hydrogens is 212 g/mol. The number of rotatable bonds is 4. The predicted octanol–water partition coefficient (Wildman–Crippen LogP) is 2.26. The Morgan fingerprint density at radius 2 is 1.82 bits per heavy atom. The van der Waals surface area contributed by atoms with Crippen molar-refractivity contribution < 1.29 is 4.74 Å². The minimum atomic E-state index is -0.0227. The van der Waals surface area contributed by atoms with E-state index in [1.54, 1.807) is 7.11 Å². The SMILES string of the molecule is COC(C)(C)CCN1CC(C)(C)NCC1(C)C. The normalized spacial score (nSPS) is 24.9. The van der Waals surface area contributed by atoms with Crippen LogP contribution in [0.5, 0.6) is 0 Å². The zero-order valence-electron chi connectivity index (χ0n) is 12.7. The standard InChI is InChI=1S/C14H30N2O/c1-12(2)11-16(13(3,4)10-15-12)9-8-14(5,6)17-7/h15H,8-11H2,1-7H3. The third-order valence-electron chi connectivity index (χ3n) is 3.98. The lowest BCUT2D eigenvalue weighted by Gasteiger charge is -2.50. The summed E-state index contributed by atoms with van der Waals surface area (Å²) >= 11 is 0. The highest BCUT2D eigenvalue weighted by Gasteiger charge is 2.37. The van der Waals surface area contributed by atoms with Crippen molar-refractivity contribution in [2.45, 2.75) is 64.6 Å². The van der Waals surface area contributed by atoms with E-state index in [2.05, 4.69) is 51.8 Å². The van der Waals surface area contributed by atoms with Crippen molar-refractivity contribution in [3.8, 4) is 0 Å². The number of hydrogen-bond donors (Lipinski definition) is 1. The van der Waals surface area contributed by atoms with Crippen molar-refractivity contribution >= 4 is 0 Å². The predicted molar refractivity (Wildman–Crippen MR) is 73.4 cm³/mol. The second kappa shape index (κ2) is 4.87. The zero-order chi connectivity index (χ0) is 13.3. The van der Waals surface area contributed by atoms with Crippen molar-refractivity contribution in [1.82, 2.24) is 10.2 Å². The first-order valence-corrected chi connectivity index (χ1v) is 6.63. The van der Waals surface area contributed by atoms with Crippen molar-refractivity contribution in [3.05, 3.63) is 0 Å². The van der Waals surface area contributed by atoms with Crippen molar-refractivity contribution in [2.75, 3.05) is 26.7 Å². The molecule has 0 aromatic rings. The van der Waals surface area contributed by atoms with Crippen LogP contribution < -0.4 is 5.32 Å². The summed E-state index contributed by atoms with van der Waals surface area (Å²) in [5.41, 5.74) is 0.428. The van der Waals surface area contributed by atoms with Gasteiger partial charge < -0.3 is 10.1 Å². The quantitative estimate of drug-likeness (QED) is 0.818. The van der Waals surface area contributed by atoms with Crippen LogP contribution in [0.25, 0.3) is 0 Å². The van der Waals surface area contributed by atoms with Crippen molar-refractivity contribution in [3.63, 3.8) is 0 Å². The average Bonchev–Trinajstić information content (AvgIpc) is 2.20.